The first-order valence-electron chi connectivity index (χ1n) is 12.1. The molecule has 0 radical (unpaired) electrons. The lowest BCUT2D eigenvalue weighted by Crippen LogP contribution is -2.55. The van der Waals surface area contributed by atoms with Crippen LogP contribution in [0.15, 0.2) is 72.9 Å². The van der Waals surface area contributed by atoms with Crippen molar-refractivity contribution in [3.63, 3.8) is 0 Å². The molecule has 3 heteroatoms. The van der Waals surface area contributed by atoms with Gasteiger partial charge in [0.1, 0.15) is 0 Å². The number of piperazine rings is 1. The first-order chi connectivity index (χ1) is 15.1. The number of allylic oxidation sites excluding steroid dienone is 12. The lowest BCUT2D eigenvalue weighted by Gasteiger charge is -2.36. The summed E-state index contributed by atoms with van der Waals surface area (Å²) in [6.07, 6.45) is 33.9. The molecule has 0 aromatic carbocycles. The predicted octanol–water partition coefficient (Wildman–Crippen LogP) is 6.67. The molecular weight excluding hydrogens is 380 g/mol. The molecule has 1 aliphatic heterocycles. The van der Waals surface area contributed by atoms with Crippen molar-refractivity contribution in [1.82, 2.24) is 10.2 Å². The third-order valence-corrected chi connectivity index (χ3v) is 5.03. The van der Waals surface area contributed by atoms with Crippen LogP contribution in [-0.2, 0) is 4.79 Å². The summed E-state index contributed by atoms with van der Waals surface area (Å²) in [5.74, 6) is 0.278. The van der Waals surface area contributed by atoms with Crippen molar-refractivity contribution >= 4 is 5.91 Å². The Hall–Kier alpha value is -2.13. The van der Waals surface area contributed by atoms with Crippen LogP contribution in [0.2, 0.25) is 0 Å². The topological polar surface area (TPSA) is 32.3 Å². The predicted molar refractivity (Wildman–Crippen MR) is 136 cm³/mol. The Morgan fingerprint density at radius 1 is 0.710 bits per heavy atom. The summed E-state index contributed by atoms with van der Waals surface area (Å²) in [4.78, 5) is 14.3. The molecule has 2 atom stereocenters. The van der Waals surface area contributed by atoms with E-state index in [9.17, 15) is 4.79 Å². The minimum absolute atomic E-state index is 0.278. The van der Waals surface area contributed by atoms with E-state index in [1.165, 1.54) is 0 Å². The number of amides is 1. The van der Waals surface area contributed by atoms with E-state index >= 15 is 0 Å². The fourth-order valence-electron chi connectivity index (χ4n) is 3.53. The zero-order valence-electron chi connectivity index (χ0n) is 20.0. The molecule has 0 aromatic heterocycles. The molecule has 0 saturated carbocycles. The van der Waals surface area contributed by atoms with Crippen molar-refractivity contribution < 1.29 is 4.79 Å². The zero-order chi connectivity index (χ0) is 22.6. The highest BCUT2D eigenvalue weighted by molar-refractivity contribution is 5.76. The maximum absolute atomic E-state index is 12.3. The van der Waals surface area contributed by atoms with Gasteiger partial charge in [-0.25, -0.2) is 0 Å². The van der Waals surface area contributed by atoms with E-state index in [4.69, 9.17) is 0 Å². The van der Waals surface area contributed by atoms with Crippen LogP contribution < -0.4 is 5.32 Å². The summed E-state index contributed by atoms with van der Waals surface area (Å²) >= 11 is 0. The smallest absolute Gasteiger partial charge is 0.222 e. The molecule has 0 aliphatic carbocycles. The lowest BCUT2D eigenvalue weighted by molar-refractivity contribution is -0.132. The van der Waals surface area contributed by atoms with Crippen LogP contribution in [0.3, 0.4) is 0 Å². The van der Waals surface area contributed by atoms with Crippen molar-refractivity contribution in [2.75, 3.05) is 13.1 Å². The largest absolute Gasteiger partial charge is 0.340 e. The number of carbonyl (C=O) groups excluding carboxylic acids is 1. The second kappa shape index (κ2) is 18.6. The van der Waals surface area contributed by atoms with Crippen molar-refractivity contribution in [3.8, 4) is 0 Å². The van der Waals surface area contributed by atoms with Crippen molar-refractivity contribution in [2.24, 2.45) is 0 Å². The molecule has 0 unspecified atom stereocenters. The molecular formula is C28H44N2O. The van der Waals surface area contributed by atoms with E-state index in [1.807, 2.05) is 4.90 Å². The van der Waals surface area contributed by atoms with Crippen LogP contribution >= 0.6 is 0 Å². The highest BCUT2D eigenvalue weighted by atomic mass is 16.2. The first-order valence-corrected chi connectivity index (χ1v) is 12.1. The second-order valence-corrected chi connectivity index (χ2v) is 8.22. The van der Waals surface area contributed by atoms with Crippen LogP contribution in [0, 0.1) is 0 Å². The van der Waals surface area contributed by atoms with Gasteiger partial charge in [0.25, 0.3) is 0 Å². The Balaban J connectivity index is 2.01. The molecule has 1 rings (SSSR count). The Bertz CT molecular complexity index is 629. The third kappa shape index (κ3) is 15.3. The number of nitrogens with zero attached hydrogens (tertiary/aromatic N) is 1. The molecule has 1 amide bonds. The molecule has 0 spiro atoms. The van der Waals surface area contributed by atoms with Crippen LogP contribution in [0.4, 0.5) is 0 Å². The third-order valence-electron chi connectivity index (χ3n) is 5.03. The summed E-state index contributed by atoms with van der Waals surface area (Å²) in [6.45, 7) is 8.09. The van der Waals surface area contributed by atoms with Gasteiger partial charge in [-0.3, -0.25) is 4.79 Å². The number of hydrogen-bond donors (Lipinski definition) is 1. The SMILES string of the molecule is CC/C=C\C/C=C\C/C=C\C/C=C\C/C=C\C/C=C\CCC(=O)N1C[C@@H](C)N[C@@H](C)C1. The summed E-state index contributed by atoms with van der Waals surface area (Å²) in [5.41, 5.74) is 0. The highest BCUT2D eigenvalue weighted by Gasteiger charge is 2.23. The lowest BCUT2D eigenvalue weighted by atomic mass is 10.1. The quantitative estimate of drug-likeness (QED) is 0.316. The van der Waals surface area contributed by atoms with Gasteiger partial charge in [-0.2, -0.15) is 0 Å². The summed E-state index contributed by atoms with van der Waals surface area (Å²) in [5, 5.41) is 3.47. The number of nitrogens with one attached hydrogen (secondary N) is 1. The first kappa shape index (κ1) is 26.9. The fraction of sp³-hybridized carbons (Fsp3) is 0.536. The van der Waals surface area contributed by atoms with E-state index < -0.39 is 0 Å². The molecule has 172 valence electrons. The van der Waals surface area contributed by atoms with Crippen LogP contribution in [-0.4, -0.2) is 36.0 Å². The number of carbonyl (C=O) groups is 1. The van der Waals surface area contributed by atoms with Gasteiger partial charge in [-0.05, 0) is 58.8 Å². The van der Waals surface area contributed by atoms with Gasteiger partial charge in [0.2, 0.25) is 5.91 Å². The van der Waals surface area contributed by atoms with Gasteiger partial charge in [-0.15, -0.1) is 0 Å². The van der Waals surface area contributed by atoms with Gasteiger partial charge in [0.05, 0.1) is 0 Å². The molecule has 3 nitrogen and oxygen atoms in total. The minimum atomic E-state index is 0.278. The Morgan fingerprint density at radius 3 is 1.52 bits per heavy atom. The van der Waals surface area contributed by atoms with Crippen molar-refractivity contribution in [3.05, 3.63) is 72.9 Å². The van der Waals surface area contributed by atoms with E-state index in [0.717, 1.165) is 58.0 Å². The van der Waals surface area contributed by atoms with Crippen LogP contribution in [0.25, 0.3) is 0 Å². The van der Waals surface area contributed by atoms with Crippen LogP contribution in [0.1, 0.15) is 72.1 Å². The normalized spacial score (nSPS) is 20.7. The van der Waals surface area contributed by atoms with Gasteiger partial charge in [0.15, 0.2) is 0 Å². The van der Waals surface area contributed by atoms with Gasteiger partial charge in [-0.1, -0.05) is 79.8 Å². The van der Waals surface area contributed by atoms with E-state index in [2.05, 4.69) is 99.0 Å². The zero-order valence-corrected chi connectivity index (χ0v) is 20.0. The Kier molecular flexibility index (Phi) is 16.2. The molecule has 0 bridgehead atoms. The van der Waals surface area contributed by atoms with Crippen molar-refractivity contribution in [1.29, 1.82) is 0 Å². The Labute approximate surface area is 191 Å². The summed E-state index contributed by atoms with van der Waals surface area (Å²) < 4.78 is 0. The maximum Gasteiger partial charge on any atom is 0.222 e. The Morgan fingerprint density at radius 2 is 1.10 bits per heavy atom. The molecule has 0 aromatic rings. The highest BCUT2D eigenvalue weighted by Crippen LogP contribution is 2.07. The van der Waals surface area contributed by atoms with Gasteiger partial charge >= 0.3 is 0 Å². The molecule has 1 saturated heterocycles. The maximum atomic E-state index is 12.3. The molecule has 1 N–H and O–H groups in total. The van der Waals surface area contributed by atoms with Gasteiger partial charge in [0, 0.05) is 31.6 Å². The van der Waals surface area contributed by atoms with E-state index in [-0.39, 0.29) is 5.91 Å². The number of rotatable bonds is 14. The monoisotopic (exact) mass is 424 g/mol. The minimum Gasteiger partial charge on any atom is -0.340 e. The number of hydrogen-bond acceptors (Lipinski definition) is 2. The summed E-state index contributed by atoms with van der Waals surface area (Å²) in [6, 6.07) is 0.775. The van der Waals surface area contributed by atoms with Gasteiger partial charge < -0.3 is 10.2 Å². The standard InChI is InChI=1S/C28H44N2O/c1-4-5-6-7-8-9-10-11-12-13-14-15-16-17-18-19-20-21-22-23-28(31)30-24-26(2)29-27(3)25-30/h5-6,8-9,11-12,14-15,17-18,20-21,26-27,29H,4,7,10,13,16,19,22-25H2,1-3H3/b6-5-,9-8-,12-11-,15-14-,18-17-,21-20-/t26-,27+. The molecule has 31 heavy (non-hydrogen) atoms. The fourth-order valence-corrected chi connectivity index (χ4v) is 3.53. The molecule has 1 aliphatic rings. The average molecular weight is 425 g/mol. The summed E-state index contributed by atoms with van der Waals surface area (Å²) in [7, 11) is 0. The van der Waals surface area contributed by atoms with E-state index in [0.29, 0.717) is 18.5 Å². The average Bonchev–Trinajstić information content (AvgIpc) is 2.74. The second-order valence-electron chi connectivity index (χ2n) is 8.22. The molecule has 1 fully saturated rings. The molecule has 1 heterocycles. The van der Waals surface area contributed by atoms with Crippen LogP contribution in [0.5, 0.6) is 0 Å². The van der Waals surface area contributed by atoms with Crippen molar-refractivity contribution in [2.45, 2.75) is 84.2 Å². The van der Waals surface area contributed by atoms with E-state index in [1.54, 1.807) is 0 Å².